The second-order valence-corrected chi connectivity index (χ2v) is 3.97. The monoisotopic (exact) mass is 219 g/mol. The number of aliphatic hydroxyl groups excluding tert-OH is 1. The lowest BCUT2D eigenvalue weighted by Gasteiger charge is -2.05. The number of fused-ring (bicyclic) bond motifs is 1. The minimum Gasteiger partial charge on any atom is -0.396 e. The lowest BCUT2D eigenvalue weighted by atomic mass is 10.3. The number of aromatic nitrogens is 3. The third kappa shape index (κ3) is 1.93. The molecule has 0 fully saturated rings. The molecule has 2 aromatic heterocycles. The van der Waals surface area contributed by atoms with Crippen molar-refractivity contribution in [2.45, 2.75) is 33.2 Å². The third-order valence-electron chi connectivity index (χ3n) is 2.66. The van der Waals surface area contributed by atoms with Crippen LogP contribution < -0.4 is 0 Å². The Morgan fingerprint density at radius 1 is 1.44 bits per heavy atom. The van der Waals surface area contributed by atoms with Gasteiger partial charge in [0, 0.05) is 25.8 Å². The van der Waals surface area contributed by atoms with Crippen LogP contribution >= 0.6 is 0 Å². The number of pyridine rings is 1. The van der Waals surface area contributed by atoms with Gasteiger partial charge in [-0.3, -0.25) is 0 Å². The highest BCUT2D eigenvalue weighted by molar-refractivity contribution is 5.72. The van der Waals surface area contributed by atoms with Crippen molar-refractivity contribution in [3.8, 4) is 0 Å². The molecular formula is C12H17N3O. The molecule has 2 heterocycles. The molecule has 0 amide bonds. The second kappa shape index (κ2) is 4.61. The van der Waals surface area contributed by atoms with Gasteiger partial charge in [0.1, 0.15) is 11.3 Å². The smallest absolute Gasteiger partial charge is 0.160 e. The van der Waals surface area contributed by atoms with Gasteiger partial charge >= 0.3 is 0 Å². The first-order valence-electron chi connectivity index (χ1n) is 5.69. The van der Waals surface area contributed by atoms with Gasteiger partial charge in [-0.25, -0.2) is 9.97 Å². The van der Waals surface area contributed by atoms with Crippen LogP contribution in [0.4, 0.5) is 0 Å². The number of aryl methyl sites for hydroxylation is 3. The highest BCUT2D eigenvalue weighted by Crippen LogP contribution is 2.16. The van der Waals surface area contributed by atoms with E-state index < -0.39 is 0 Å². The zero-order chi connectivity index (χ0) is 11.5. The van der Waals surface area contributed by atoms with Crippen LogP contribution in [-0.4, -0.2) is 26.2 Å². The molecule has 0 aliphatic heterocycles. The maximum Gasteiger partial charge on any atom is 0.160 e. The van der Waals surface area contributed by atoms with Crippen molar-refractivity contribution in [3.05, 3.63) is 23.7 Å². The van der Waals surface area contributed by atoms with E-state index in [1.54, 1.807) is 0 Å². The van der Waals surface area contributed by atoms with E-state index in [2.05, 4.69) is 27.5 Å². The van der Waals surface area contributed by atoms with Gasteiger partial charge in [-0.1, -0.05) is 6.92 Å². The molecule has 16 heavy (non-hydrogen) atoms. The molecule has 0 saturated carbocycles. The van der Waals surface area contributed by atoms with Crippen molar-refractivity contribution in [3.63, 3.8) is 0 Å². The Hall–Kier alpha value is -1.42. The minimum absolute atomic E-state index is 0.203. The van der Waals surface area contributed by atoms with Crippen molar-refractivity contribution in [1.29, 1.82) is 0 Å². The number of imidazole rings is 1. The molecule has 0 aliphatic carbocycles. The summed E-state index contributed by atoms with van der Waals surface area (Å²) in [5.74, 6) is 1.04. The Morgan fingerprint density at radius 2 is 2.25 bits per heavy atom. The molecule has 0 radical (unpaired) electrons. The van der Waals surface area contributed by atoms with E-state index in [1.807, 2.05) is 13.1 Å². The summed E-state index contributed by atoms with van der Waals surface area (Å²) >= 11 is 0. The van der Waals surface area contributed by atoms with Crippen LogP contribution in [-0.2, 0) is 13.0 Å². The van der Waals surface area contributed by atoms with Crippen LogP contribution in [0.2, 0.25) is 0 Å². The van der Waals surface area contributed by atoms with E-state index in [-0.39, 0.29) is 6.61 Å². The van der Waals surface area contributed by atoms with Gasteiger partial charge in [-0.05, 0) is 25.0 Å². The van der Waals surface area contributed by atoms with Crippen molar-refractivity contribution < 1.29 is 5.11 Å². The van der Waals surface area contributed by atoms with E-state index >= 15 is 0 Å². The molecule has 0 unspecified atom stereocenters. The van der Waals surface area contributed by atoms with E-state index in [4.69, 9.17) is 5.11 Å². The lowest BCUT2D eigenvalue weighted by Crippen LogP contribution is -2.05. The molecule has 0 atom stereocenters. The van der Waals surface area contributed by atoms with E-state index in [1.165, 1.54) is 0 Å². The second-order valence-electron chi connectivity index (χ2n) is 3.97. The van der Waals surface area contributed by atoms with Crippen molar-refractivity contribution in [2.24, 2.45) is 0 Å². The van der Waals surface area contributed by atoms with Crippen LogP contribution in [0.15, 0.2) is 12.3 Å². The predicted octanol–water partition coefficient (Wildman–Crippen LogP) is 1.68. The summed E-state index contributed by atoms with van der Waals surface area (Å²) in [6.07, 6.45) is 3.49. The van der Waals surface area contributed by atoms with Crippen molar-refractivity contribution in [2.75, 3.05) is 6.61 Å². The summed E-state index contributed by atoms with van der Waals surface area (Å²) in [6.45, 7) is 5.09. The summed E-state index contributed by atoms with van der Waals surface area (Å²) in [4.78, 5) is 8.98. The number of hydrogen-bond acceptors (Lipinski definition) is 3. The SMILES string of the molecule is CCc1nc2cc(C)cnc2n1CCCO. The third-order valence-corrected chi connectivity index (χ3v) is 2.66. The first-order chi connectivity index (χ1) is 7.76. The molecule has 2 rings (SSSR count). The molecular weight excluding hydrogens is 202 g/mol. The highest BCUT2D eigenvalue weighted by atomic mass is 16.3. The van der Waals surface area contributed by atoms with Gasteiger partial charge in [0.2, 0.25) is 0 Å². The van der Waals surface area contributed by atoms with E-state index in [9.17, 15) is 0 Å². The normalized spacial score (nSPS) is 11.2. The fourth-order valence-electron chi connectivity index (χ4n) is 1.89. The molecule has 0 spiro atoms. The Kier molecular flexibility index (Phi) is 3.19. The van der Waals surface area contributed by atoms with Crippen LogP contribution in [0.3, 0.4) is 0 Å². The van der Waals surface area contributed by atoms with Gasteiger partial charge in [0.15, 0.2) is 5.65 Å². The van der Waals surface area contributed by atoms with Gasteiger partial charge in [-0.2, -0.15) is 0 Å². The maximum atomic E-state index is 8.89. The number of nitrogens with zero attached hydrogens (tertiary/aromatic N) is 3. The van der Waals surface area contributed by atoms with Crippen LogP contribution in [0.5, 0.6) is 0 Å². The first-order valence-corrected chi connectivity index (χ1v) is 5.69. The zero-order valence-electron chi connectivity index (χ0n) is 9.77. The number of hydrogen-bond donors (Lipinski definition) is 1. The molecule has 4 heteroatoms. The highest BCUT2D eigenvalue weighted by Gasteiger charge is 2.09. The Bertz CT molecular complexity index is 490. The largest absolute Gasteiger partial charge is 0.396 e. The molecule has 0 bridgehead atoms. The van der Waals surface area contributed by atoms with Gasteiger partial charge in [0.05, 0.1) is 0 Å². The zero-order valence-corrected chi connectivity index (χ0v) is 9.77. The molecule has 2 aromatic rings. The van der Waals surface area contributed by atoms with Crippen LogP contribution in [0.1, 0.15) is 24.7 Å². The minimum atomic E-state index is 0.203. The topological polar surface area (TPSA) is 50.9 Å². The fourth-order valence-corrected chi connectivity index (χ4v) is 1.89. The fraction of sp³-hybridized carbons (Fsp3) is 0.500. The quantitative estimate of drug-likeness (QED) is 0.851. The Labute approximate surface area is 95.0 Å². The summed E-state index contributed by atoms with van der Waals surface area (Å²) in [5.41, 5.74) is 3.01. The van der Waals surface area contributed by atoms with Gasteiger partial charge < -0.3 is 9.67 Å². The van der Waals surface area contributed by atoms with Crippen molar-refractivity contribution in [1.82, 2.24) is 14.5 Å². The van der Waals surface area contributed by atoms with Gasteiger partial charge in [0.25, 0.3) is 0 Å². The molecule has 0 saturated heterocycles. The average Bonchev–Trinajstić information content (AvgIpc) is 2.63. The van der Waals surface area contributed by atoms with Crippen LogP contribution in [0.25, 0.3) is 11.2 Å². The first kappa shape index (κ1) is 11.1. The average molecular weight is 219 g/mol. The summed E-state index contributed by atoms with van der Waals surface area (Å²) in [5, 5.41) is 8.89. The summed E-state index contributed by atoms with van der Waals surface area (Å²) < 4.78 is 2.10. The van der Waals surface area contributed by atoms with E-state index in [0.29, 0.717) is 0 Å². The Morgan fingerprint density at radius 3 is 2.94 bits per heavy atom. The van der Waals surface area contributed by atoms with Gasteiger partial charge in [-0.15, -0.1) is 0 Å². The van der Waals surface area contributed by atoms with Crippen LogP contribution in [0, 0.1) is 6.92 Å². The van der Waals surface area contributed by atoms with E-state index in [0.717, 1.165) is 41.9 Å². The van der Waals surface area contributed by atoms with Crippen molar-refractivity contribution >= 4 is 11.2 Å². The number of rotatable bonds is 4. The lowest BCUT2D eigenvalue weighted by molar-refractivity contribution is 0.279. The summed E-state index contributed by atoms with van der Waals surface area (Å²) in [7, 11) is 0. The molecule has 86 valence electrons. The molecule has 1 N–H and O–H groups in total. The Balaban J connectivity index is 2.50. The molecule has 0 aromatic carbocycles. The maximum absolute atomic E-state index is 8.89. The number of aliphatic hydroxyl groups is 1. The predicted molar refractivity (Wildman–Crippen MR) is 63.3 cm³/mol. The summed E-state index contributed by atoms with van der Waals surface area (Å²) in [6, 6.07) is 2.05. The standard InChI is InChI=1S/C12H17N3O/c1-3-11-14-10-7-9(2)8-13-12(10)15(11)5-4-6-16/h7-8,16H,3-6H2,1-2H3. The molecule has 0 aliphatic rings. The molecule has 4 nitrogen and oxygen atoms in total.